The van der Waals surface area contributed by atoms with Crippen molar-refractivity contribution in [2.45, 2.75) is 31.8 Å². The van der Waals surface area contributed by atoms with Gasteiger partial charge < -0.3 is 10.6 Å². The highest BCUT2D eigenvalue weighted by molar-refractivity contribution is 5.21. The molecule has 0 bridgehead atoms. The van der Waals surface area contributed by atoms with Crippen molar-refractivity contribution < 1.29 is 4.39 Å². The molecule has 1 fully saturated rings. The monoisotopic (exact) mass is 279 g/mol. The lowest BCUT2D eigenvalue weighted by Gasteiger charge is -2.35. The third-order valence-electron chi connectivity index (χ3n) is 4.24. The number of nitrogens with two attached hydrogens (primary N) is 1. The molecule has 1 heterocycles. The molecule has 0 spiro atoms. The minimum Gasteiger partial charge on any atom is -0.326 e. The van der Waals surface area contributed by atoms with Gasteiger partial charge in [-0.3, -0.25) is 4.90 Å². The van der Waals surface area contributed by atoms with Crippen LogP contribution in [0.2, 0.25) is 0 Å². The summed E-state index contributed by atoms with van der Waals surface area (Å²) < 4.78 is 13.1. The smallest absolute Gasteiger partial charge is 0.123 e. The average Bonchev–Trinajstić information content (AvgIpc) is 2.66. The number of halogens is 1. The second-order valence-corrected chi connectivity index (χ2v) is 5.76. The van der Waals surface area contributed by atoms with E-state index in [1.54, 1.807) is 0 Å². The molecule has 2 rings (SSSR count). The van der Waals surface area contributed by atoms with Crippen molar-refractivity contribution in [2.75, 3.05) is 33.2 Å². The molecule has 0 saturated carbocycles. The number of hydrogen-bond acceptors (Lipinski definition) is 3. The fourth-order valence-electron chi connectivity index (χ4n) is 2.96. The Morgan fingerprint density at radius 1 is 1.15 bits per heavy atom. The van der Waals surface area contributed by atoms with Gasteiger partial charge in [0.1, 0.15) is 5.82 Å². The van der Waals surface area contributed by atoms with Gasteiger partial charge in [-0.15, -0.1) is 0 Å². The number of benzene rings is 1. The molecule has 112 valence electrons. The Labute approximate surface area is 121 Å². The van der Waals surface area contributed by atoms with Crippen molar-refractivity contribution >= 4 is 0 Å². The van der Waals surface area contributed by atoms with Gasteiger partial charge in [-0.05, 0) is 44.1 Å². The molecule has 3 nitrogen and oxygen atoms in total. The van der Waals surface area contributed by atoms with E-state index in [1.165, 1.54) is 12.1 Å². The number of likely N-dealkylation sites (N-methyl/N-ethyl adjacent to an activating group) is 1. The Morgan fingerprint density at radius 3 is 2.50 bits per heavy atom. The first kappa shape index (κ1) is 15.4. The highest BCUT2D eigenvalue weighted by Crippen LogP contribution is 2.26. The van der Waals surface area contributed by atoms with Gasteiger partial charge in [0.15, 0.2) is 0 Å². The van der Waals surface area contributed by atoms with Gasteiger partial charge in [0.25, 0.3) is 0 Å². The van der Waals surface area contributed by atoms with Crippen LogP contribution in [-0.4, -0.2) is 49.1 Å². The number of rotatable bonds is 4. The van der Waals surface area contributed by atoms with Crippen molar-refractivity contribution in [3.8, 4) is 0 Å². The zero-order valence-electron chi connectivity index (χ0n) is 12.6. The molecule has 0 aromatic heterocycles. The summed E-state index contributed by atoms with van der Waals surface area (Å²) in [5.74, 6) is -0.187. The van der Waals surface area contributed by atoms with E-state index in [-0.39, 0.29) is 17.9 Å². The van der Waals surface area contributed by atoms with Crippen LogP contribution in [0.15, 0.2) is 24.3 Å². The van der Waals surface area contributed by atoms with Crippen molar-refractivity contribution in [2.24, 2.45) is 5.73 Å². The van der Waals surface area contributed by atoms with E-state index in [2.05, 4.69) is 23.8 Å². The highest BCUT2D eigenvalue weighted by atomic mass is 19.1. The number of nitrogens with zero attached hydrogens (tertiary/aromatic N) is 2. The summed E-state index contributed by atoms with van der Waals surface area (Å²) in [6.07, 6.45) is 2.08. The summed E-state index contributed by atoms with van der Waals surface area (Å²) in [5.41, 5.74) is 7.48. The van der Waals surface area contributed by atoms with E-state index in [0.717, 1.165) is 44.6 Å². The molecule has 1 saturated heterocycles. The van der Waals surface area contributed by atoms with Gasteiger partial charge in [-0.25, -0.2) is 4.39 Å². The lowest BCUT2D eigenvalue weighted by Crippen LogP contribution is -2.42. The molecule has 0 amide bonds. The van der Waals surface area contributed by atoms with Crippen molar-refractivity contribution in [3.63, 3.8) is 0 Å². The van der Waals surface area contributed by atoms with Crippen LogP contribution in [-0.2, 0) is 0 Å². The molecule has 0 aliphatic carbocycles. The van der Waals surface area contributed by atoms with E-state index >= 15 is 0 Å². The lowest BCUT2D eigenvalue weighted by atomic mass is 9.96. The second kappa shape index (κ2) is 7.16. The van der Waals surface area contributed by atoms with Crippen LogP contribution < -0.4 is 5.73 Å². The first-order valence-electron chi connectivity index (χ1n) is 7.55. The fourth-order valence-corrected chi connectivity index (χ4v) is 2.96. The lowest BCUT2D eigenvalue weighted by molar-refractivity contribution is 0.175. The average molecular weight is 279 g/mol. The van der Waals surface area contributed by atoms with Crippen LogP contribution in [0.1, 0.15) is 31.4 Å². The maximum atomic E-state index is 13.1. The van der Waals surface area contributed by atoms with Crippen molar-refractivity contribution in [3.05, 3.63) is 35.6 Å². The van der Waals surface area contributed by atoms with Crippen molar-refractivity contribution in [1.29, 1.82) is 0 Å². The van der Waals surface area contributed by atoms with Crippen LogP contribution in [0.4, 0.5) is 4.39 Å². The maximum absolute atomic E-state index is 13.1. The predicted octanol–water partition coefficient (Wildman–Crippen LogP) is 2.24. The Hall–Kier alpha value is -0.970. The van der Waals surface area contributed by atoms with Crippen LogP contribution in [0.3, 0.4) is 0 Å². The summed E-state index contributed by atoms with van der Waals surface area (Å²) in [7, 11) is 2.16. The molecule has 2 N–H and O–H groups in total. The SMILES string of the molecule is CCC(N)C(c1ccc(F)cc1)N1CCCN(C)CC1. The minimum atomic E-state index is -0.187. The molecule has 0 radical (unpaired) electrons. The van der Waals surface area contributed by atoms with Crippen LogP contribution in [0, 0.1) is 5.82 Å². The van der Waals surface area contributed by atoms with Crippen LogP contribution in [0.5, 0.6) is 0 Å². The molecular weight excluding hydrogens is 253 g/mol. The Morgan fingerprint density at radius 2 is 1.85 bits per heavy atom. The van der Waals surface area contributed by atoms with E-state index in [9.17, 15) is 4.39 Å². The minimum absolute atomic E-state index is 0.0869. The summed E-state index contributed by atoms with van der Waals surface area (Å²) in [5, 5.41) is 0. The zero-order valence-corrected chi connectivity index (χ0v) is 12.6. The molecule has 1 aliphatic rings. The van der Waals surface area contributed by atoms with Crippen LogP contribution >= 0.6 is 0 Å². The number of hydrogen-bond donors (Lipinski definition) is 1. The molecule has 2 unspecified atom stereocenters. The third-order valence-corrected chi connectivity index (χ3v) is 4.24. The topological polar surface area (TPSA) is 32.5 Å². The highest BCUT2D eigenvalue weighted by Gasteiger charge is 2.26. The van der Waals surface area contributed by atoms with E-state index in [4.69, 9.17) is 5.73 Å². The van der Waals surface area contributed by atoms with Gasteiger partial charge in [-0.2, -0.15) is 0 Å². The van der Waals surface area contributed by atoms with Crippen LogP contribution in [0.25, 0.3) is 0 Å². The largest absolute Gasteiger partial charge is 0.326 e. The van der Waals surface area contributed by atoms with E-state index in [0.29, 0.717) is 0 Å². The first-order valence-corrected chi connectivity index (χ1v) is 7.55. The molecule has 2 atom stereocenters. The summed E-state index contributed by atoms with van der Waals surface area (Å²) in [4.78, 5) is 4.82. The fraction of sp³-hybridized carbons (Fsp3) is 0.625. The van der Waals surface area contributed by atoms with Gasteiger partial charge in [0, 0.05) is 31.7 Å². The summed E-state index contributed by atoms with van der Waals surface area (Å²) >= 11 is 0. The molecular formula is C16H26FN3. The normalized spacial score (nSPS) is 21.4. The molecule has 20 heavy (non-hydrogen) atoms. The Kier molecular flexibility index (Phi) is 5.52. The zero-order chi connectivity index (χ0) is 14.5. The van der Waals surface area contributed by atoms with Gasteiger partial charge in [-0.1, -0.05) is 19.1 Å². The van der Waals surface area contributed by atoms with Gasteiger partial charge in [0.2, 0.25) is 0 Å². The summed E-state index contributed by atoms with van der Waals surface area (Å²) in [6.45, 7) is 6.39. The van der Waals surface area contributed by atoms with E-state index < -0.39 is 0 Å². The molecule has 4 heteroatoms. The van der Waals surface area contributed by atoms with Gasteiger partial charge in [0.05, 0.1) is 0 Å². The quantitative estimate of drug-likeness (QED) is 0.917. The Balaban J connectivity index is 2.20. The van der Waals surface area contributed by atoms with Crippen molar-refractivity contribution in [1.82, 2.24) is 9.80 Å². The van der Waals surface area contributed by atoms with Gasteiger partial charge >= 0.3 is 0 Å². The predicted molar refractivity (Wildman–Crippen MR) is 81.1 cm³/mol. The molecule has 1 aromatic rings. The first-order chi connectivity index (χ1) is 9.61. The standard InChI is InChI=1S/C16H26FN3/c1-3-15(18)16(13-5-7-14(17)8-6-13)20-10-4-9-19(2)11-12-20/h5-8,15-16H,3-4,9-12,18H2,1-2H3. The second-order valence-electron chi connectivity index (χ2n) is 5.76. The van der Waals surface area contributed by atoms with E-state index in [1.807, 2.05) is 12.1 Å². The molecule has 1 aromatic carbocycles. The third kappa shape index (κ3) is 3.78. The maximum Gasteiger partial charge on any atom is 0.123 e. The molecule has 1 aliphatic heterocycles. The Bertz CT molecular complexity index is 407. The summed E-state index contributed by atoms with van der Waals surface area (Å²) in [6, 6.07) is 7.10.